The smallest absolute Gasteiger partial charge is 0.294 e. The van der Waals surface area contributed by atoms with Crippen molar-refractivity contribution >= 4 is 29.0 Å². The van der Waals surface area contributed by atoms with Gasteiger partial charge in [-0.25, -0.2) is 0 Å². The standard InChI is InChI=1S/C19H19N3O4/c23-19(9-6-15-4-2-1-3-5-15)20-16-7-8-17(18(14-16)22(24)25)21-10-12-26-13-11-21/h1-9,14H,10-13H2,(H,20,23)/b9-6+. The lowest BCUT2D eigenvalue weighted by Gasteiger charge is -2.28. The van der Waals surface area contributed by atoms with Crippen molar-refractivity contribution in [2.75, 3.05) is 36.5 Å². The number of morpholine rings is 1. The third-order valence-corrected chi connectivity index (χ3v) is 4.02. The maximum Gasteiger partial charge on any atom is 0.294 e. The molecule has 1 N–H and O–H groups in total. The molecule has 0 aliphatic carbocycles. The summed E-state index contributed by atoms with van der Waals surface area (Å²) >= 11 is 0. The molecule has 7 nitrogen and oxygen atoms in total. The maximum atomic E-state index is 12.1. The van der Waals surface area contributed by atoms with E-state index in [0.29, 0.717) is 37.7 Å². The Balaban J connectivity index is 1.73. The third-order valence-electron chi connectivity index (χ3n) is 4.02. The number of nitro groups is 1. The summed E-state index contributed by atoms with van der Waals surface area (Å²) in [4.78, 5) is 25.0. The Morgan fingerprint density at radius 2 is 1.88 bits per heavy atom. The minimum absolute atomic E-state index is 0.0308. The van der Waals surface area contributed by atoms with Crippen molar-refractivity contribution in [1.29, 1.82) is 0 Å². The fourth-order valence-corrected chi connectivity index (χ4v) is 2.74. The molecule has 0 aromatic heterocycles. The highest BCUT2D eigenvalue weighted by molar-refractivity contribution is 6.02. The number of carbonyl (C=O) groups is 1. The molecule has 1 aliphatic heterocycles. The number of ether oxygens (including phenoxy) is 1. The van der Waals surface area contributed by atoms with Gasteiger partial charge in [0.1, 0.15) is 5.69 Å². The molecule has 1 heterocycles. The van der Waals surface area contributed by atoms with Crippen LogP contribution in [0.15, 0.2) is 54.6 Å². The average Bonchev–Trinajstić information content (AvgIpc) is 2.68. The van der Waals surface area contributed by atoms with Crippen molar-refractivity contribution in [2.45, 2.75) is 0 Å². The van der Waals surface area contributed by atoms with E-state index in [4.69, 9.17) is 4.74 Å². The van der Waals surface area contributed by atoms with Crippen LogP contribution in [0.1, 0.15) is 5.56 Å². The number of nitro benzene ring substituents is 1. The molecule has 0 saturated carbocycles. The second-order valence-electron chi connectivity index (χ2n) is 5.79. The van der Waals surface area contributed by atoms with Gasteiger partial charge in [-0.3, -0.25) is 14.9 Å². The SMILES string of the molecule is O=C(/C=C/c1ccccc1)Nc1ccc(N2CCOCC2)c([N+](=O)[O-])c1. The highest BCUT2D eigenvalue weighted by Crippen LogP contribution is 2.31. The van der Waals surface area contributed by atoms with Crippen molar-refractivity contribution < 1.29 is 14.5 Å². The molecule has 7 heteroatoms. The lowest BCUT2D eigenvalue weighted by atomic mass is 10.2. The maximum absolute atomic E-state index is 12.1. The lowest BCUT2D eigenvalue weighted by molar-refractivity contribution is -0.384. The molecular formula is C19H19N3O4. The first kappa shape index (κ1) is 17.6. The van der Waals surface area contributed by atoms with Gasteiger partial charge in [0.2, 0.25) is 5.91 Å². The summed E-state index contributed by atoms with van der Waals surface area (Å²) < 4.78 is 5.29. The van der Waals surface area contributed by atoms with Crippen LogP contribution in [0, 0.1) is 10.1 Å². The van der Waals surface area contributed by atoms with E-state index >= 15 is 0 Å². The predicted octanol–water partition coefficient (Wildman–Crippen LogP) is 3.08. The zero-order chi connectivity index (χ0) is 18.4. The van der Waals surface area contributed by atoms with Gasteiger partial charge in [0.25, 0.3) is 5.69 Å². The first-order valence-electron chi connectivity index (χ1n) is 8.29. The van der Waals surface area contributed by atoms with Gasteiger partial charge in [0, 0.05) is 30.9 Å². The molecule has 2 aromatic rings. The van der Waals surface area contributed by atoms with E-state index in [0.717, 1.165) is 5.56 Å². The van der Waals surface area contributed by atoms with Crippen LogP contribution in [0.5, 0.6) is 0 Å². The van der Waals surface area contributed by atoms with Gasteiger partial charge < -0.3 is 15.0 Å². The monoisotopic (exact) mass is 353 g/mol. The summed E-state index contributed by atoms with van der Waals surface area (Å²) in [5, 5.41) is 14.1. The van der Waals surface area contributed by atoms with Crippen LogP contribution in [0.25, 0.3) is 6.08 Å². The number of nitrogens with zero attached hydrogens (tertiary/aromatic N) is 2. The van der Waals surface area contributed by atoms with E-state index in [1.54, 1.807) is 18.2 Å². The van der Waals surface area contributed by atoms with Gasteiger partial charge in [-0.15, -0.1) is 0 Å². The molecule has 0 unspecified atom stereocenters. The molecule has 2 aromatic carbocycles. The zero-order valence-corrected chi connectivity index (χ0v) is 14.1. The van der Waals surface area contributed by atoms with Gasteiger partial charge in [-0.2, -0.15) is 0 Å². The van der Waals surface area contributed by atoms with Gasteiger partial charge >= 0.3 is 0 Å². The Labute approximate surface area is 151 Å². The Hall–Kier alpha value is -3.19. The van der Waals surface area contributed by atoms with Crippen LogP contribution in [-0.2, 0) is 9.53 Å². The van der Waals surface area contributed by atoms with Crippen LogP contribution in [0.4, 0.5) is 17.1 Å². The first-order valence-corrected chi connectivity index (χ1v) is 8.29. The highest BCUT2D eigenvalue weighted by atomic mass is 16.6. The van der Waals surface area contributed by atoms with Crippen molar-refractivity contribution in [3.05, 3.63) is 70.3 Å². The molecule has 0 spiro atoms. The van der Waals surface area contributed by atoms with Crippen LogP contribution in [0.3, 0.4) is 0 Å². The Morgan fingerprint density at radius 1 is 1.15 bits per heavy atom. The molecule has 0 bridgehead atoms. The van der Waals surface area contributed by atoms with Crippen molar-refractivity contribution in [3.63, 3.8) is 0 Å². The second-order valence-corrected chi connectivity index (χ2v) is 5.79. The van der Waals surface area contributed by atoms with Gasteiger partial charge in [0.15, 0.2) is 0 Å². The summed E-state index contributed by atoms with van der Waals surface area (Å²) in [6.45, 7) is 2.29. The molecule has 1 saturated heterocycles. The molecule has 3 rings (SSSR count). The van der Waals surface area contributed by atoms with Crippen LogP contribution in [0.2, 0.25) is 0 Å². The number of hydrogen-bond donors (Lipinski definition) is 1. The molecule has 26 heavy (non-hydrogen) atoms. The van der Waals surface area contributed by atoms with E-state index in [2.05, 4.69) is 5.32 Å². The number of hydrogen-bond acceptors (Lipinski definition) is 5. The lowest BCUT2D eigenvalue weighted by Crippen LogP contribution is -2.36. The third kappa shape index (κ3) is 4.46. The first-order chi connectivity index (χ1) is 12.6. The van der Waals surface area contributed by atoms with E-state index in [1.807, 2.05) is 35.2 Å². The average molecular weight is 353 g/mol. The number of benzene rings is 2. The molecule has 1 amide bonds. The minimum Gasteiger partial charge on any atom is -0.378 e. The number of anilines is 2. The van der Waals surface area contributed by atoms with Crippen molar-refractivity contribution in [2.24, 2.45) is 0 Å². The molecule has 1 aliphatic rings. The topological polar surface area (TPSA) is 84.7 Å². The predicted molar refractivity (Wildman–Crippen MR) is 100 cm³/mol. The molecule has 0 atom stereocenters. The summed E-state index contributed by atoms with van der Waals surface area (Å²) in [6.07, 6.45) is 3.09. The summed E-state index contributed by atoms with van der Waals surface area (Å²) in [6, 6.07) is 14.1. The summed E-state index contributed by atoms with van der Waals surface area (Å²) in [5.74, 6) is -0.345. The quantitative estimate of drug-likeness (QED) is 0.507. The normalized spacial score (nSPS) is 14.4. The summed E-state index contributed by atoms with van der Waals surface area (Å²) in [5.41, 5.74) is 1.79. The molecular weight excluding hydrogens is 334 g/mol. The van der Waals surface area contributed by atoms with Crippen molar-refractivity contribution in [1.82, 2.24) is 0 Å². The number of amides is 1. The fourth-order valence-electron chi connectivity index (χ4n) is 2.74. The zero-order valence-electron chi connectivity index (χ0n) is 14.1. The molecule has 134 valence electrons. The summed E-state index contributed by atoms with van der Waals surface area (Å²) in [7, 11) is 0. The van der Waals surface area contributed by atoms with Gasteiger partial charge in [-0.05, 0) is 23.8 Å². The van der Waals surface area contributed by atoms with E-state index < -0.39 is 4.92 Å². The molecule has 1 fully saturated rings. The van der Waals surface area contributed by atoms with Gasteiger partial charge in [0.05, 0.1) is 18.1 Å². The number of rotatable bonds is 5. The highest BCUT2D eigenvalue weighted by Gasteiger charge is 2.22. The van der Waals surface area contributed by atoms with Crippen LogP contribution >= 0.6 is 0 Å². The molecule has 0 radical (unpaired) electrons. The van der Waals surface area contributed by atoms with E-state index in [1.165, 1.54) is 12.1 Å². The minimum atomic E-state index is -0.430. The van der Waals surface area contributed by atoms with Gasteiger partial charge in [-0.1, -0.05) is 30.3 Å². The Morgan fingerprint density at radius 3 is 2.58 bits per heavy atom. The Kier molecular flexibility index (Phi) is 5.60. The fraction of sp³-hybridized carbons (Fsp3) is 0.211. The second kappa shape index (κ2) is 8.26. The largest absolute Gasteiger partial charge is 0.378 e. The van der Waals surface area contributed by atoms with Crippen LogP contribution < -0.4 is 10.2 Å². The Bertz CT molecular complexity index is 815. The van der Waals surface area contributed by atoms with E-state index in [9.17, 15) is 14.9 Å². The number of nitrogens with one attached hydrogen (secondary N) is 1. The van der Waals surface area contributed by atoms with Crippen LogP contribution in [-0.4, -0.2) is 37.1 Å². The van der Waals surface area contributed by atoms with Crippen molar-refractivity contribution in [3.8, 4) is 0 Å². The van der Waals surface area contributed by atoms with E-state index in [-0.39, 0.29) is 11.6 Å². The number of carbonyl (C=O) groups excluding carboxylic acids is 1.